The van der Waals surface area contributed by atoms with Crippen molar-refractivity contribution in [3.05, 3.63) is 54.1 Å². The lowest BCUT2D eigenvalue weighted by molar-refractivity contribution is -0.123. The molecule has 0 unspecified atom stereocenters. The Morgan fingerprint density at radius 3 is 2.19 bits per heavy atom. The minimum absolute atomic E-state index is 0.150. The molecule has 0 bridgehead atoms. The van der Waals surface area contributed by atoms with Gasteiger partial charge in [0.15, 0.2) is 0 Å². The fraction of sp³-hybridized carbons (Fsp3) is 0.348. The molecule has 1 atom stereocenters. The summed E-state index contributed by atoms with van der Waals surface area (Å²) in [6, 6.07) is 12.9. The summed E-state index contributed by atoms with van der Waals surface area (Å²) in [5.41, 5.74) is 1.87. The highest BCUT2D eigenvalue weighted by molar-refractivity contribution is 6.22. The molecule has 0 aliphatic carbocycles. The number of benzene rings is 2. The van der Waals surface area contributed by atoms with Crippen molar-refractivity contribution >= 4 is 29.2 Å². The number of hydrogen-bond acceptors (Lipinski definition) is 7. The molecule has 162 valence electrons. The predicted octanol–water partition coefficient (Wildman–Crippen LogP) is 2.02. The molecule has 8 nitrogen and oxygen atoms in total. The number of amides is 2. The van der Waals surface area contributed by atoms with Crippen molar-refractivity contribution in [3.63, 3.8) is 0 Å². The monoisotopic (exact) mass is 423 g/mol. The molecular formula is C23H25N3O5. The fourth-order valence-electron chi connectivity index (χ4n) is 4.09. The number of carbonyl (C=O) groups excluding carboxylic acids is 3. The molecular weight excluding hydrogens is 398 g/mol. The van der Waals surface area contributed by atoms with E-state index in [4.69, 9.17) is 4.74 Å². The third kappa shape index (κ3) is 4.25. The summed E-state index contributed by atoms with van der Waals surface area (Å²) in [4.78, 5) is 43.0. The number of aromatic hydroxyl groups is 1. The molecule has 1 N–H and O–H groups in total. The first-order valence-corrected chi connectivity index (χ1v) is 10.4. The van der Waals surface area contributed by atoms with Crippen LogP contribution in [0.3, 0.4) is 0 Å². The topological polar surface area (TPSA) is 90.4 Å². The number of ether oxygens (including phenoxy) is 1. The maximum absolute atomic E-state index is 13.1. The largest absolute Gasteiger partial charge is 0.508 e. The Labute approximate surface area is 180 Å². The molecule has 8 heteroatoms. The summed E-state index contributed by atoms with van der Waals surface area (Å²) in [7, 11) is 0. The standard InChI is InChI=1S/C23H25N3O5/c1-2-31-23(30)16-3-5-18(6-4-16)26-21(28)15-20(22(26)29)25-13-11-24(12-14-25)17-7-9-19(27)10-8-17/h3-10,20,27H,2,11-15H2,1H3/t20-/m1/s1. The van der Waals surface area contributed by atoms with Gasteiger partial charge in [0.05, 0.1) is 30.3 Å². The van der Waals surface area contributed by atoms with Crippen LogP contribution < -0.4 is 9.80 Å². The molecule has 0 radical (unpaired) electrons. The van der Waals surface area contributed by atoms with E-state index >= 15 is 0 Å². The molecule has 2 aromatic rings. The normalized spacial score (nSPS) is 19.7. The van der Waals surface area contributed by atoms with Gasteiger partial charge in [-0.25, -0.2) is 9.69 Å². The molecule has 31 heavy (non-hydrogen) atoms. The summed E-state index contributed by atoms with van der Waals surface area (Å²) < 4.78 is 4.97. The summed E-state index contributed by atoms with van der Waals surface area (Å²) in [6.45, 7) is 4.82. The second-order valence-corrected chi connectivity index (χ2v) is 7.59. The van der Waals surface area contributed by atoms with E-state index < -0.39 is 12.0 Å². The predicted molar refractivity (Wildman–Crippen MR) is 115 cm³/mol. The number of imide groups is 1. The number of phenolic OH excluding ortho intramolecular Hbond substituents is 1. The molecule has 2 aliphatic rings. The van der Waals surface area contributed by atoms with Crippen LogP contribution in [0.2, 0.25) is 0 Å². The van der Waals surface area contributed by atoms with E-state index in [0.717, 1.165) is 18.8 Å². The summed E-state index contributed by atoms with van der Waals surface area (Å²) in [5, 5.41) is 9.46. The van der Waals surface area contributed by atoms with E-state index in [-0.39, 0.29) is 30.6 Å². The van der Waals surface area contributed by atoms with Crippen LogP contribution in [-0.2, 0) is 14.3 Å². The lowest BCUT2D eigenvalue weighted by Gasteiger charge is -2.38. The zero-order valence-corrected chi connectivity index (χ0v) is 17.4. The summed E-state index contributed by atoms with van der Waals surface area (Å²) in [6.07, 6.45) is 0.150. The maximum atomic E-state index is 13.1. The van der Waals surface area contributed by atoms with E-state index in [1.807, 2.05) is 12.1 Å². The van der Waals surface area contributed by atoms with Crippen molar-refractivity contribution in [3.8, 4) is 5.75 Å². The Morgan fingerprint density at radius 1 is 0.968 bits per heavy atom. The quantitative estimate of drug-likeness (QED) is 0.581. The third-order valence-corrected chi connectivity index (χ3v) is 5.73. The molecule has 4 rings (SSSR count). The van der Waals surface area contributed by atoms with E-state index in [2.05, 4.69) is 9.80 Å². The first-order valence-electron chi connectivity index (χ1n) is 10.4. The lowest BCUT2D eigenvalue weighted by atomic mass is 10.1. The number of carbonyl (C=O) groups is 3. The van der Waals surface area contributed by atoms with Gasteiger partial charge in [0, 0.05) is 31.9 Å². The van der Waals surface area contributed by atoms with Crippen LogP contribution in [0.4, 0.5) is 11.4 Å². The first kappa shape index (κ1) is 20.9. The van der Waals surface area contributed by atoms with Gasteiger partial charge in [-0.15, -0.1) is 0 Å². The van der Waals surface area contributed by atoms with Crippen molar-refractivity contribution < 1.29 is 24.2 Å². The molecule has 0 saturated carbocycles. The zero-order valence-electron chi connectivity index (χ0n) is 17.4. The Bertz CT molecular complexity index is 966. The number of hydrogen-bond donors (Lipinski definition) is 1. The van der Waals surface area contributed by atoms with Gasteiger partial charge in [-0.05, 0) is 55.5 Å². The molecule has 0 spiro atoms. The number of piperazine rings is 1. The van der Waals surface area contributed by atoms with Crippen molar-refractivity contribution in [1.82, 2.24) is 4.90 Å². The first-order chi connectivity index (χ1) is 15.0. The van der Waals surface area contributed by atoms with Gasteiger partial charge in [0.2, 0.25) is 5.91 Å². The smallest absolute Gasteiger partial charge is 0.338 e. The second kappa shape index (κ2) is 8.77. The number of esters is 1. The Morgan fingerprint density at radius 2 is 1.58 bits per heavy atom. The highest BCUT2D eigenvalue weighted by Crippen LogP contribution is 2.28. The highest BCUT2D eigenvalue weighted by atomic mass is 16.5. The van der Waals surface area contributed by atoms with Crippen LogP contribution in [0.25, 0.3) is 0 Å². The minimum atomic E-state index is -0.473. The van der Waals surface area contributed by atoms with E-state index in [1.54, 1.807) is 43.3 Å². The van der Waals surface area contributed by atoms with Gasteiger partial charge >= 0.3 is 5.97 Å². The van der Waals surface area contributed by atoms with Gasteiger partial charge in [-0.3, -0.25) is 14.5 Å². The van der Waals surface area contributed by atoms with Crippen LogP contribution in [-0.4, -0.2) is 66.6 Å². The average Bonchev–Trinajstić information content (AvgIpc) is 3.08. The molecule has 2 aliphatic heterocycles. The maximum Gasteiger partial charge on any atom is 0.338 e. The number of nitrogens with zero attached hydrogens (tertiary/aromatic N) is 3. The molecule has 2 heterocycles. The molecule has 2 fully saturated rings. The Balaban J connectivity index is 1.40. The Hall–Kier alpha value is -3.39. The van der Waals surface area contributed by atoms with Crippen LogP contribution in [0, 0.1) is 0 Å². The number of phenols is 1. The lowest BCUT2D eigenvalue weighted by Crippen LogP contribution is -2.52. The third-order valence-electron chi connectivity index (χ3n) is 5.73. The second-order valence-electron chi connectivity index (χ2n) is 7.59. The van der Waals surface area contributed by atoms with Gasteiger partial charge in [-0.1, -0.05) is 0 Å². The molecule has 0 aromatic heterocycles. The van der Waals surface area contributed by atoms with E-state index in [0.29, 0.717) is 24.3 Å². The zero-order chi connectivity index (χ0) is 22.0. The van der Waals surface area contributed by atoms with Crippen LogP contribution in [0.1, 0.15) is 23.7 Å². The van der Waals surface area contributed by atoms with Gasteiger partial charge in [-0.2, -0.15) is 0 Å². The van der Waals surface area contributed by atoms with Crippen molar-refractivity contribution in [2.24, 2.45) is 0 Å². The van der Waals surface area contributed by atoms with Gasteiger partial charge in [0.1, 0.15) is 5.75 Å². The Kier molecular flexibility index (Phi) is 5.90. The van der Waals surface area contributed by atoms with Gasteiger partial charge < -0.3 is 14.7 Å². The minimum Gasteiger partial charge on any atom is -0.508 e. The number of rotatable bonds is 5. The van der Waals surface area contributed by atoms with Gasteiger partial charge in [0.25, 0.3) is 5.91 Å². The molecule has 2 saturated heterocycles. The van der Waals surface area contributed by atoms with E-state index in [1.165, 1.54) is 4.90 Å². The van der Waals surface area contributed by atoms with Crippen LogP contribution in [0.5, 0.6) is 5.75 Å². The number of anilines is 2. The van der Waals surface area contributed by atoms with Crippen LogP contribution >= 0.6 is 0 Å². The summed E-state index contributed by atoms with van der Waals surface area (Å²) in [5.74, 6) is -0.669. The van der Waals surface area contributed by atoms with Crippen molar-refractivity contribution in [2.45, 2.75) is 19.4 Å². The van der Waals surface area contributed by atoms with Crippen LogP contribution in [0.15, 0.2) is 48.5 Å². The fourth-order valence-corrected chi connectivity index (χ4v) is 4.09. The summed E-state index contributed by atoms with van der Waals surface area (Å²) >= 11 is 0. The van der Waals surface area contributed by atoms with Crippen molar-refractivity contribution in [1.29, 1.82) is 0 Å². The molecule has 2 aromatic carbocycles. The molecule has 2 amide bonds. The highest BCUT2D eigenvalue weighted by Gasteiger charge is 2.43. The SMILES string of the molecule is CCOC(=O)c1ccc(N2C(=O)C[C@@H](N3CCN(c4ccc(O)cc4)CC3)C2=O)cc1. The van der Waals surface area contributed by atoms with E-state index in [9.17, 15) is 19.5 Å². The average molecular weight is 423 g/mol. The van der Waals surface area contributed by atoms with Crippen molar-refractivity contribution in [2.75, 3.05) is 42.6 Å².